The first-order chi connectivity index (χ1) is 28.4. The van der Waals surface area contributed by atoms with E-state index in [0.29, 0.717) is 5.65 Å². The van der Waals surface area contributed by atoms with Crippen LogP contribution in [0.4, 0.5) is 0 Å². The molecule has 4 aromatic heterocycles. The van der Waals surface area contributed by atoms with Gasteiger partial charge in [0, 0.05) is 11.6 Å². The van der Waals surface area contributed by atoms with E-state index in [1.807, 2.05) is 10.8 Å². The molecule has 2 unspecified atom stereocenters. The van der Waals surface area contributed by atoms with Gasteiger partial charge in [0.2, 0.25) is 0 Å². The van der Waals surface area contributed by atoms with Crippen LogP contribution in [-0.4, -0.2) is 110 Å². The van der Waals surface area contributed by atoms with Gasteiger partial charge in [0.15, 0.2) is 40.3 Å². The summed E-state index contributed by atoms with van der Waals surface area (Å²) in [4.78, 5) is 57.4. The molecule has 0 spiro atoms. The average Bonchev–Trinajstić information content (AvgIpc) is 3.87. The van der Waals surface area contributed by atoms with Gasteiger partial charge in [-0.25, -0.2) is 19.9 Å². The molecule has 3 aliphatic heterocycles. The number of hydrogen-bond donors (Lipinski definition) is 3. The summed E-state index contributed by atoms with van der Waals surface area (Å²) in [7, 11) is -5.25. The van der Waals surface area contributed by atoms with Crippen LogP contribution in [0.25, 0.3) is 22.2 Å². The van der Waals surface area contributed by atoms with Crippen molar-refractivity contribution in [3.05, 3.63) is 46.8 Å². The Morgan fingerprint density at radius 2 is 1.39 bits per heavy atom. The molecule has 2 bridgehead atoms. The molecule has 7 heterocycles. The topological polar surface area (TPSA) is 209 Å². The van der Waals surface area contributed by atoms with Crippen molar-refractivity contribution < 1.29 is 46.2 Å². The van der Waals surface area contributed by atoms with Crippen molar-refractivity contribution in [1.82, 2.24) is 34.1 Å². The number of nitrogens with zero attached hydrogens (tertiary/aromatic N) is 6. The summed E-state index contributed by atoms with van der Waals surface area (Å²) in [5, 5.41) is 0.488. The molecule has 3 saturated heterocycles. The number of hydrogen-bond acceptors (Lipinski definition) is 15. The molecule has 4 aromatic rings. The summed E-state index contributed by atoms with van der Waals surface area (Å²) in [6.07, 6.45) is 2.10. The third-order valence-corrected chi connectivity index (χ3v) is 25.2. The van der Waals surface area contributed by atoms with Crippen LogP contribution in [-0.2, 0) is 72.9 Å². The number of aromatic amines is 1. The van der Waals surface area contributed by atoms with E-state index in [-0.39, 0.29) is 34.5 Å². The second-order valence-corrected chi connectivity index (χ2v) is 34.4. The zero-order valence-electron chi connectivity index (χ0n) is 36.1. The predicted molar refractivity (Wildman–Crippen MR) is 239 cm³/mol. The number of aryl methyl sites for hydroxylation is 2. The molecule has 4 aliphatic rings. The Labute approximate surface area is 367 Å². The molecule has 61 heavy (non-hydrogen) atoms. The van der Waals surface area contributed by atoms with Crippen LogP contribution in [0, 0.1) is 0 Å². The van der Waals surface area contributed by atoms with Gasteiger partial charge in [0.1, 0.15) is 48.6 Å². The summed E-state index contributed by atoms with van der Waals surface area (Å²) in [6, 6.07) is 0. The van der Waals surface area contributed by atoms with E-state index in [0.717, 1.165) is 42.3 Å². The molecule has 24 heteroatoms. The van der Waals surface area contributed by atoms with Gasteiger partial charge in [-0.15, -0.1) is 0 Å². The highest BCUT2D eigenvalue weighted by Gasteiger charge is 2.57. The van der Waals surface area contributed by atoms with E-state index in [4.69, 9.17) is 65.0 Å². The maximum absolute atomic E-state index is 12.7. The highest BCUT2D eigenvalue weighted by molar-refractivity contribution is 8.07. The third-order valence-electron chi connectivity index (χ3n) is 13.1. The van der Waals surface area contributed by atoms with Crippen LogP contribution < -0.4 is 5.56 Å². The number of rotatable bonds is 6. The molecule has 336 valence electrons. The molecule has 0 amide bonds. The lowest BCUT2D eigenvalue weighted by Gasteiger charge is -2.41. The molecule has 18 nitrogen and oxygen atoms in total. The molecule has 0 aromatic carbocycles. The standard InChI is InChI=1S/C37H57N7O11P2S2Si2/c1-36(2,3)60(7,8)54-28-24-17-49-56(46,58)52-27-23(16-48-57(47,59)53-29(28)34(51-24)44-20-42-26-32(44)40-19-41-33(26)45)50-35(30(27)55-61(9,10)37(4,5)6)43-15-21-13-11-12-14-22-25(21)31(43)39-18-38-22/h15,18-20,23-24,27-30,34-35H,11-14,16-17H2,1-10H3,(H,46,58)(H,47,59)(H,40,41,45)/t23-,24-,27-,28-,29-,30-,34-,35-,56?,57?/m1/s1. The van der Waals surface area contributed by atoms with Crippen LogP contribution in [0.3, 0.4) is 0 Å². The minimum atomic E-state index is -4.20. The Hall–Kier alpha value is -1.70. The second-order valence-electron chi connectivity index (χ2n) is 19.3. The average molecular weight is 958 g/mol. The fraction of sp³-hybridized carbons (Fsp3) is 0.703. The smallest absolute Gasteiger partial charge is 0.325 e. The van der Waals surface area contributed by atoms with Gasteiger partial charge < -0.3 is 46.7 Å². The van der Waals surface area contributed by atoms with Crippen molar-refractivity contribution in [2.75, 3.05) is 13.2 Å². The van der Waals surface area contributed by atoms with Crippen molar-refractivity contribution in [3.63, 3.8) is 0 Å². The fourth-order valence-electron chi connectivity index (χ4n) is 7.84. The number of ether oxygens (including phenoxy) is 2. The van der Waals surface area contributed by atoms with Crippen molar-refractivity contribution in [2.45, 2.75) is 153 Å². The zero-order valence-corrected chi connectivity index (χ0v) is 41.6. The lowest BCUT2D eigenvalue weighted by atomic mass is 10.1. The van der Waals surface area contributed by atoms with E-state index < -0.39 is 84.7 Å². The van der Waals surface area contributed by atoms with Crippen molar-refractivity contribution >= 4 is 75.9 Å². The highest BCUT2D eigenvalue weighted by atomic mass is 32.5. The van der Waals surface area contributed by atoms with Crippen molar-refractivity contribution in [2.24, 2.45) is 0 Å². The van der Waals surface area contributed by atoms with E-state index in [1.54, 1.807) is 6.33 Å². The Kier molecular flexibility index (Phi) is 12.3. The van der Waals surface area contributed by atoms with E-state index in [9.17, 15) is 14.6 Å². The molecule has 10 atom stereocenters. The fourth-order valence-corrected chi connectivity index (χ4v) is 13.3. The zero-order chi connectivity index (χ0) is 44.1. The quantitative estimate of drug-likeness (QED) is 0.144. The van der Waals surface area contributed by atoms with Crippen LogP contribution in [0.5, 0.6) is 0 Å². The summed E-state index contributed by atoms with van der Waals surface area (Å²) in [5.74, 6) is 0. The molecular weight excluding hydrogens is 901 g/mol. The number of H-pyrrole nitrogens is 1. The van der Waals surface area contributed by atoms with E-state index in [2.05, 4.69) is 87.7 Å². The molecule has 0 saturated carbocycles. The minimum Gasteiger partial charge on any atom is -0.408 e. The third kappa shape index (κ3) is 8.88. The SMILES string of the molecule is CC(C)(C)[Si](C)(C)O[C@@H]1[C@@H]2OP(O)(=S)OC[C@H]3O[C@@H](n4cnc5c(=O)[nH]cnc54)[C@H](OP(O)(=S)OC[C@H]2O[C@H]1n1cc2c4c(ncnc41)CCCC2)[C@@H]3O[Si](C)(C)C(C)(C)C. The summed E-state index contributed by atoms with van der Waals surface area (Å²) in [6.45, 7) is 12.0. The van der Waals surface area contributed by atoms with Crippen LogP contribution in [0.1, 0.15) is 78.1 Å². The molecule has 3 fully saturated rings. The Morgan fingerprint density at radius 3 is 2.07 bits per heavy atom. The summed E-state index contributed by atoms with van der Waals surface area (Å²) < 4.78 is 56.7. The van der Waals surface area contributed by atoms with Crippen LogP contribution in [0.2, 0.25) is 36.3 Å². The normalized spacial score (nSPS) is 33.2. The van der Waals surface area contributed by atoms with Gasteiger partial charge in [-0.1, -0.05) is 41.5 Å². The number of imidazole rings is 1. The van der Waals surface area contributed by atoms with Crippen molar-refractivity contribution in [3.8, 4) is 0 Å². The van der Waals surface area contributed by atoms with Crippen molar-refractivity contribution in [1.29, 1.82) is 0 Å². The molecule has 1 aliphatic carbocycles. The van der Waals surface area contributed by atoms with Gasteiger partial charge in [-0.2, -0.15) is 0 Å². The largest absolute Gasteiger partial charge is 0.408 e. The molecule has 0 radical (unpaired) electrons. The van der Waals surface area contributed by atoms with Gasteiger partial charge >= 0.3 is 13.4 Å². The summed E-state index contributed by atoms with van der Waals surface area (Å²) >= 11 is 11.6. The maximum Gasteiger partial charge on any atom is 0.325 e. The van der Waals surface area contributed by atoms with Gasteiger partial charge in [-0.3, -0.25) is 18.4 Å². The Bertz CT molecular complexity index is 2460. The Balaban J connectivity index is 1.21. The van der Waals surface area contributed by atoms with Gasteiger partial charge in [-0.05, 0) is 91.1 Å². The van der Waals surface area contributed by atoms with E-state index in [1.165, 1.54) is 17.2 Å². The minimum absolute atomic E-state index is 0.0654. The first-order valence-corrected chi connectivity index (χ1v) is 31.6. The maximum atomic E-state index is 12.7. The first kappa shape index (κ1) is 45.9. The Morgan fingerprint density at radius 1 is 0.787 bits per heavy atom. The number of fused-ring (bicyclic) bond motifs is 4. The lowest BCUT2D eigenvalue weighted by Crippen LogP contribution is -2.50. The van der Waals surface area contributed by atoms with Gasteiger partial charge in [0.05, 0.1) is 31.6 Å². The molecule has 3 N–H and O–H groups in total. The van der Waals surface area contributed by atoms with E-state index >= 15 is 0 Å². The first-order valence-electron chi connectivity index (χ1n) is 20.6. The number of aromatic nitrogens is 7. The number of nitrogens with one attached hydrogen (secondary N) is 1. The van der Waals surface area contributed by atoms with Crippen LogP contribution in [0.15, 0.2) is 30.0 Å². The highest BCUT2D eigenvalue weighted by Crippen LogP contribution is 2.56. The second kappa shape index (κ2) is 16.3. The molecular formula is C37H57N7O11P2S2Si2. The van der Waals surface area contributed by atoms with Crippen LogP contribution >= 0.6 is 13.4 Å². The van der Waals surface area contributed by atoms with Gasteiger partial charge in [0.25, 0.3) is 5.56 Å². The predicted octanol–water partition coefficient (Wildman–Crippen LogP) is 6.27. The summed E-state index contributed by atoms with van der Waals surface area (Å²) in [5.41, 5.74) is 2.59. The monoisotopic (exact) mass is 957 g/mol. The lowest BCUT2D eigenvalue weighted by molar-refractivity contribution is -0.0604. The molecule has 8 rings (SSSR count).